The van der Waals surface area contributed by atoms with Crippen LogP contribution in [0.15, 0.2) is 91.0 Å². The molecule has 3 aromatic rings. The van der Waals surface area contributed by atoms with Crippen LogP contribution in [-0.2, 0) is 38.8 Å². The van der Waals surface area contributed by atoms with Gasteiger partial charge in [-0.15, -0.1) is 0 Å². The van der Waals surface area contributed by atoms with E-state index in [1.54, 1.807) is 0 Å². The zero-order valence-electron chi connectivity index (χ0n) is 18.3. The van der Waals surface area contributed by atoms with E-state index in [0.29, 0.717) is 0 Å². The van der Waals surface area contributed by atoms with Gasteiger partial charge in [0.15, 0.2) is 6.29 Å². The Labute approximate surface area is 193 Å². The standard InChI is InChI=1S/C27H29FO5/c28-16-23-24(30-17-20-10-4-1-5-11-20)25(31-18-21-12-6-2-7-13-21)26(27(29)33-23)32-19-22-14-8-3-9-15-22/h1-15,23-27,29H,16-19H2/t23-,24-,25+,26-,27+/m1/s1. The molecule has 0 radical (unpaired) electrons. The van der Waals surface area contributed by atoms with E-state index in [-0.39, 0.29) is 19.8 Å². The highest BCUT2D eigenvalue weighted by Gasteiger charge is 2.47. The van der Waals surface area contributed by atoms with E-state index >= 15 is 0 Å². The van der Waals surface area contributed by atoms with Crippen molar-refractivity contribution in [2.75, 3.05) is 6.67 Å². The van der Waals surface area contributed by atoms with Crippen molar-refractivity contribution in [1.82, 2.24) is 0 Å². The van der Waals surface area contributed by atoms with E-state index in [1.165, 1.54) is 0 Å². The summed E-state index contributed by atoms with van der Waals surface area (Å²) in [6.07, 6.45) is -4.66. The van der Waals surface area contributed by atoms with E-state index in [2.05, 4.69) is 0 Å². The van der Waals surface area contributed by atoms with Crippen molar-refractivity contribution in [3.8, 4) is 0 Å². The quantitative estimate of drug-likeness (QED) is 0.493. The first kappa shape index (κ1) is 23.5. The second-order valence-electron chi connectivity index (χ2n) is 8.00. The van der Waals surface area contributed by atoms with Gasteiger partial charge in [-0.1, -0.05) is 91.0 Å². The molecule has 1 heterocycles. The number of halogens is 1. The summed E-state index contributed by atoms with van der Waals surface area (Å²) in [6, 6.07) is 28.9. The summed E-state index contributed by atoms with van der Waals surface area (Å²) in [5, 5.41) is 10.7. The fraction of sp³-hybridized carbons (Fsp3) is 0.333. The van der Waals surface area contributed by atoms with Gasteiger partial charge in [-0.25, -0.2) is 4.39 Å². The number of benzene rings is 3. The molecule has 0 spiro atoms. The van der Waals surface area contributed by atoms with Gasteiger partial charge in [0.1, 0.15) is 31.1 Å². The van der Waals surface area contributed by atoms with E-state index < -0.39 is 37.4 Å². The Balaban J connectivity index is 1.53. The van der Waals surface area contributed by atoms with Gasteiger partial charge >= 0.3 is 0 Å². The van der Waals surface area contributed by atoms with Crippen LogP contribution < -0.4 is 0 Å². The molecule has 0 bridgehead atoms. The molecule has 6 heteroatoms. The molecular formula is C27H29FO5. The molecule has 0 aromatic heterocycles. The molecule has 33 heavy (non-hydrogen) atoms. The van der Waals surface area contributed by atoms with E-state index in [4.69, 9.17) is 18.9 Å². The summed E-state index contributed by atoms with van der Waals surface area (Å²) in [7, 11) is 0. The lowest BCUT2D eigenvalue weighted by Crippen LogP contribution is -2.60. The first-order valence-electron chi connectivity index (χ1n) is 11.1. The summed E-state index contributed by atoms with van der Waals surface area (Å²) < 4.78 is 37.9. The average molecular weight is 453 g/mol. The molecule has 5 nitrogen and oxygen atoms in total. The predicted octanol–water partition coefficient (Wildman–Crippen LogP) is 4.43. The Bertz CT molecular complexity index is 941. The molecule has 0 saturated carbocycles. The third-order valence-electron chi connectivity index (χ3n) is 5.62. The molecule has 4 rings (SSSR count). The number of rotatable bonds is 10. The maximum absolute atomic E-state index is 13.9. The summed E-state index contributed by atoms with van der Waals surface area (Å²) >= 11 is 0. The Hall–Kier alpha value is -2.61. The highest BCUT2D eigenvalue weighted by atomic mass is 19.1. The van der Waals surface area contributed by atoms with Crippen LogP contribution in [-0.4, -0.2) is 42.5 Å². The molecule has 3 aromatic carbocycles. The fourth-order valence-electron chi connectivity index (χ4n) is 3.89. The van der Waals surface area contributed by atoms with Crippen molar-refractivity contribution < 1.29 is 28.4 Å². The molecule has 0 amide bonds. The molecule has 5 atom stereocenters. The Morgan fingerprint density at radius 1 is 0.606 bits per heavy atom. The highest BCUT2D eigenvalue weighted by molar-refractivity contribution is 5.15. The number of alkyl halides is 1. The second kappa shape index (κ2) is 12.0. The van der Waals surface area contributed by atoms with Crippen LogP contribution >= 0.6 is 0 Å². The monoisotopic (exact) mass is 452 g/mol. The van der Waals surface area contributed by atoms with Crippen molar-refractivity contribution in [3.05, 3.63) is 108 Å². The van der Waals surface area contributed by atoms with Crippen LogP contribution in [0.3, 0.4) is 0 Å². The van der Waals surface area contributed by atoms with Crippen molar-refractivity contribution >= 4 is 0 Å². The Kier molecular flexibility index (Phi) is 8.58. The minimum absolute atomic E-state index is 0.253. The van der Waals surface area contributed by atoms with Gasteiger partial charge in [0.05, 0.1) is 19.8 Å². The van der Waals surface area contributed by atoms with Gasteiger partial charge in [-0.3, -0.25) is 0 Å². The maximum Gasteiger partial charge on any atom is 0.184 e. The van der Waals surface area contributed by atoms with Gasteiger partial charge in [0, 0.05) is 0 Å². The van der Waals surface area contributed by atoms with E-state index in [9.17, 15) is 9.50 Å². The van der Waals surface area contributed by atoms with Crippen molar-refractivity contribution in [1.29, 1.82) is 0 Å². The summed E-state index contributed by atoms with van der Waals surface area (Å²) in [5.41, 5.74) is 2.85. The zero-order chi connectivity index (χ0) is 22.9. The van der Waals surface area contributed by atoms with Crippen LogP contribution in [0, 0.1) is 0 Å². The molecule has 1 N–H and O–H groups in total. The van der Waals surface area contributed by atoms with Gasteiger partial charge < -0.3 is 24.1 Å². The lowest BCUT2D eigenvalue weighted by molar-refractivity contribution is -0.313. The fourth-order valence-corrected chi connectivity index (χ4v) is 3.89. The van der Waals surface area contributed by atoms with Gasteiger partial charge in [0.2, 0.25) is 0 Å². The van der Waals surface area contributed by atoms with Crippen LogP contribution in [0.4, 0.5) is 4.39 Å². The average Bonchev–Trinajstić information content (AvgIpc) is 2.87. The lowest BCUT2D eigenvalue weighted by Gasteiger charge is -2.43. The normalized spacial score (nSPS) is 25.1. The first-order valence-corrected chi connectivity index (χ1v) is 11.1. The second-order valence-corrected chi connectivity index (χ2v) is 8.00. The van der Waals surface area contributed by atoms with Crippen molar-refractivity contribution in [2.45, 2.75) is 50.5 Å². The largest absolute Gasteiger partial charge is 0.368 e. The summed E-state index contributed by atoms with van der Waals surface area (Å²) in [6.45, 7) is -0.0262. The number of ether oxygens (including phenoxy) is 4. The lowest BCUT2D eigenvalue weighted by atomic mass is 9.98. The number of hydrogen-bond donors (Lipinski definition) is 1. The molecule has 1 saturated heterocycles. The molecule has 0 unspecified atom stereocenters. The highest BCUT2D eigenvalue weighted by Crippen LogP contribution is 2.29. The minimum atomic E-state index is -1.34. The molecule has 1 fully saturated rings. The van der Waals surface area contributed by atoms with Crippen LogP contribution in [0.25, 0.3) is 0 Å². The summed E-state index contributed by atoms with van der Waals surface area (Å²) in [5.74, 6) is 0. The van der Waals surface area contributed by atoms with Crippen molar-refractivity contribution in [3.63, 3.8) is 0 Å². The molecule has 0 aliphatic carbocycles. The Morgan fingerprint density at radius 2 is 1.00 bits per heavy atom. The third kappa shape index (κ3) is 6.47. The summed E-state index contributed by atoms with van der Waals surface area (Å²) in [4.78, 5) is 0. The molecule has 174 valence electrons. The smallest absolute Gasteiger partial charge is 0.184 e. The van der Waals surface area contributed by atoms with Crippen LogP contribution in [0.5, 0.6) is 0 Å². The first-order chi connectivity index (χ1) is 16.2. The third-order valence-corrected chi connectivity index (χ3v) is 5.62. The topological polar surface area (TPSA) is 57.2 Å². The van der Waals surface area contributed by atoms with Gasteiger partial charge in [0.25, 0.3) is 0 Å². The molecule has 1 aliphatic rings. The van der Waals surface area contributed by atoms with Crippen LogP contribution in [0.2, 0.25) is 0 Å². The number of hydrogen-bond acceptors (Lipinski definition) is 5. The number of aliphatic hydroxyl groups is 1. The van der Waals surface area contributed by atoms with Gasteiger partial charge in [-0.05, 0) is 16.7 Å². The van der Waals surface area contributed by atoms with Gasteiger partial charge in [-0.2, -0.15) is 0 Å². The van der Waals surface area contributed by atoms with Crippen molar-refractivity contribution in [2.24, 2.45) is 0 Å². The molecule has 1 aliphatic heterocycles. The maximum atomic E-state index is 13.9. The van der Waals surface area contributed by atoms with E-state index in [0.717, 1.165) is 16.7 Å². The zero-order valence-corrected chi connectivity index (χ0v) is 18.3. The SMILES string of the molecule is O[C@H]1O[C@H](CF)[C@@H](OCc2ccccc2)[C@H](OCc2ccccc2)[C@H]1OCc1ccccc1. The van der Waals surface area contributed by atoms with Crippen LogP contribution in [0.1, 0.15) is 16.7 Å². The number of aliphatic hydroxyl groups excluding tert-OH is 1. The molecular weight excluding hydrogens is 423 g/mol. The predicted molar refractivity (Wildman–Crippen MR) is 122 cm³/mol. The Morgan fingerprint density at radius 3 is 1.42 bits per heavy atom. The van der Waals surface area contributed by atoms with E-state index in [1.807, 2.05) is 91.0 Å². The minimum Gasteiger partial charge on any atom is -0.368 e.